The molecular formula is C15H23N3O. The lowest BCUT2D eigenvalue weighted by Gasteiger charge is -2.41. The molecule has 104 valence electrons. The molecule has 4 heteroatoms. The number of pyridine rings is 1. The second-order valence-corrected chi connectivity index (χ2v) is 5.35. The molecule has 1 amide bonds. The molecule has 1 heterocycles. The van der Waals surface area contributed by atoms with Gasteiger partial charge >= 0.3 is 0 Å². The van der Waals surface area contributed by atoms with E-state index in [0.29, 0.717) is 11.1 Å². The molecule has 0 aliphatic heterocycles. The number of carbonyl (C=O) groups excluding carboxylic acids is 1. The van der Waals surface area contributed by atoms with Crippen LogP contribution in [-0.2, 0) is 0 Å². The van der Waals surface area contributed by atoms with E-state index < -0.39 is 0 Å². The lowest BCUT2D eigenvalue weighted by Crippen LogP contribution is -2.41. The first kappa shape index (κ1) is 13.8. The summed E-state index contributed by atoms with van der Waals surface area (Å²) in [6.07, 6.45) is 6.56. The molecule has 19 heavy (non-hydrogen) atoms. The molecule has 1 aliphatic carbocycles. The van der Waals surface area contributed by atoms with Crippen molar-refractivity contribution in [1.29, 1.82) is 0 Å². The van der Waals surface area contributed by atoms with Crippen LogP contribution in [0.1, 0.15) is 50.0 Å². The number of hydrogen-bond donors (Lipinski definition) is 2. The average Bonchev–Trinajstić information content (AvgIpc) is 2.38. The van der Waals surface area contributed by atoms with Crippen molar-refractivity contribution in [2.24, 2.45) is 5.41 Å². The first-order chi connectivity index (χ1) is 9.19. The quantitative estimate of drug-likeness (QED) is 0.828. The molecule has 0 spiro atoms. The summed E-state index contributed by atoms with van der Waals surface area (Å²) in [5, 5.41) is 6.22. The van der Waals surface area contributed by atoms with Crippen LogP contribution in [0.3, 0.4) is 0 Å². The molecule has 0 radical (unpaired) electrons. The van der Waals surface area contributed by atoms with Crippen molar-refractivity contribution >= 4 is 11.6 Å². The Bertz CT molecular complexity index is 435. The summed E-state index contributed by atoms with van der Waals surface area (Å²) in [4.78, 5) is 16.2. The van der Waals surface area contributed by atoms with Crippen molar-refractivity contribution in [3.05, 3.63) is 24.0 Å². The summed E-state index contributed by atoms with van der Waals surface area (Å²) in [6, 6.07) is 3.68. The summed E-state index contributed by atoms with van der Waals surface area (Å²) in [5.41, 5.74) is 1.77. The number of nitrogens with one attached hydrogen (secondary N) is 2. The normalized spacial score (nSPS) is 16.5. The van der Waals surface area contributed by atoms with Crippen LogP contribution in [0, 0.1) is 5.41 Å². The fraction of sp³-hybridized carbons (Fsp3) is 0.600. The smallest absolute Gasteiger partial charge is 0.269 e. The van der Waals surface area contributed by atoms with E-state index in [4.69, 9.17) is 0 Å². The highest BCUT2D eigenvalue weighted by Gasteiger charge is 2.35. The minimum atomic E-state index is -0.0699. The van der Waals surface area contributed by atoms with Crippen LogP contribution < -0.4 is 10.6 Å². The Balaban J connectivity index is 1.94. The maximum absolute atomic E-state index is 12.1. The van der Waals surface area contributed by atoms with Gasteiger partial charge in [-0.05, 0) is 43.7 Å². The fourth-order valence-electron chi connectivity index (χ4n) is 2.56. The van der Waals surface area contributed by atoms with Gasteiger partial charge in [0.25, 0.3) is 5.91 Å². The van der Waals surface area contributed by atoms with E-state index in [2.05, 4.69) is 22.5 Å². The minimum absolute atomic E-state index is 0.0699. The summed E-state index contributed by atoms with van der Waals surface area (Å²) >= 11 is 0. The second-order valence-electron chi connectivity index (χ2n) is 5.35. The maximum Gasteiger partial charge on any atom is 0.269 e. The van der Waals surface area contributed by atoms with Gasteiger partial charge in [-0.1, -0.05) is 13.3 Å². The SMILES string of the molecule is CCNc1ccnc(C(=O)NCC2(CC)CCC2)c1. The van der Waals surface area contributed by atoms with E-state index in [0.717, 1.165) is 25.2 Å². The monoisotopic (exact) mass is 261 g/mol. The third-order valence-electron chi connectivity index (χ3n) is 4.16. The first-order valence-electron chi connectivity index (χ1n) is 7.17. The number of carbonyl (C=O) groups is 1. The van der Waals surface area contributed by atoms with Gasteiger partial charge in [0, 0.05) is 25.0 Å². The van der Waals surface area contributed by atoms with E-state index in [1.807, 2.05) is 13.0 Å². The van der Waals surface area contributed by atoms with Crippen LogP contribution >= 0.6 is 0 Å². The molecule has 1 saturated carbocycles. The summed E-state index contributed by atoms with van der Waals surface area (Å²) in [5.74, 6) is -0.0699. The van der Waals surface area contributed by atoms with Gasteiger partial charge in [0.1, 0.15) is 5.69 Å². The Hall–Kier alpha value is -1.58. The van der Waals surface area contributed by atoms with Crippen molar-refractivity contribution in [3.63, 3.8) is 0 Å². The lowest BCUT2D eigenvalue weighted by atomic mass is 9.67. The third-order valence-corrected chi connectivity index (χ3v) is 4.16. The number of anilines is 1. The average molecular weight is 261 g/mol. The number of amides is 1. The Morgan fingerprint density at radius 2 is 2.21 bits per heavy atom. The zero-order valence-electron chi connectivity index (χ0n) is 11.8. The molecule has 1 aromatic rings. The largest absolute Gasteiger partial charge is 0.385 e. The standard InChI is InChI=1S/C15H23N3O/c1-3-15(7-5-8-15)11-18-14(19)13-10-12(16-4-2)6-9-17-13/h6,9-10H,3-5,7-8,11H2,1-2H3,(H,16,17)(H,18,19). The second kappa shape index (κ2) is 6.04. The highest BCUT2D eigenvalue weighted by molar-refractivity contribution is 5.93. The van der Waals surface area contributed by atoms with E-state index >= 15 is 0 Å². The Kier molecular flexibility index (Phi) is 4.40. The van der Waals surface area contributed by atoms with Crippen molar-refractivity contribution < 1.29 is 4.79 Å². The molecule has 0 saturated heterocycles. The predicted molar refractivity (Wildman–Crippen MR) is 77.3 cm³/mol. The van der Waals surface area contributed by atoms with Crippen LogP contribution in [0.4, 0.5) is 5.69 Å². The number of rotatable bonds is 6. The zero-order chi connectivity index (χ0) is 13.7. The van der Waals surface area contributed by atoms with Crippen LogP contribution in [0.2, 0.25) is 0 Å². The summed E-state index contributed by atoms with van der Waals surface area (Å²) < 4.78 is 0. The number of nitrogens with zero attached hydrogens (tertiary/aromatic N) is 1. The first-order valence-corrected chi connectivity index (χ1v) is 7.17. The van der Waals surface area contributed by atoms with E-state index in [9.17, 15) is 4.79 Å². The molecule has 1 aliphatic rings. The molecule has 1 fully saturated rings. The van der Waals surface area contributed by atoms with Crippen molar-refractivity contribution in [3.8, 4) is 0 Å². The van der Waals surface area contributed by atoms with Gasteiger partial charge in [-0.3, -0.25) is 9.78 Å². The molecule has 2 N–H and O–H groups in total. The summed E-state index contributed by atoms with van der Waals surface area (Å²) in [6.45, 7) is 5.84. The Labute approximate surface area is 115 Å². The van der Waals surface area contributed by atoms with Gasteiger partial charge in [0.15, 0.2) is 0 Å². The van der Waals surface area contributed by atoms with Gasteiger partial charge in [-0.2, -0.15) is 0 Å². The fourth-order valence-corrected chi connectivity index (χ4v) is 2.56. The summed E-state index contributed by atoms with van der Waals surface area (Å²) in [7, 11) is 0. The highest BCUT2D eigenvalue weighted by Crippen LogP contribution is 2.43. The number of aromatic nitrogens is 1. The van der Waals surface area contributed by atoms with Crippen LogP contribution in [0.15, 0.2) is 18.3 Å². The van der Waals surface area contributed by atoms with Crippen LogP contribution in [0.25, 0.3) is 0 Å². The van der Waals surface area contributed by atoms with Gasteiger partial charge < -0.3 is 10.6 Å². The zero-order valence-corrected chi connectivity index (χ0v) is 11.8. The van der Waals surface area contributed by atoms with Crippen LogP contribution in [0.5, 0.6) is 0 Å². The van der Waals surface area contributed by atoms with Gasteiger partial charge in [-0.15, -0.1) is 0 Å². The van der Waals surface area contributed by atoms with Gasteiger partial charge in [-0.25, -0.2) is 0 Å². The minimum Gasteiger partial charge on any atom is -0.385 e. The molecule has 4 nitrogen and oxygen atoms in total. The van der Waals surface area contributed by atoms with E-state index in [1.165, 1.54) is 19.3 Å². The molecule has 0 aromatic carbocycles. The van der Waals surface area contributed by atoms with Crippen LogP contribution in [-0.4, -0.2) is 24.0 Å². The van der Waals surface area contributed by atoms with E-state index in [-0.39, 0.29) is 5.91 Å². The molecule has 0 unspecified atom stereocenters. The maximum atomic E-state index is 12.1. The highest BCUT2D eigenvalue weighted by atomic mass is 16.1. The van der Waals surface area contributed by atoms with Gasteiger partial charge in [0.2, 0.25) is 0 Å². The molecule has 1 aromatic heterocycles. The molecule has 0 atom stereocenters. The predicted octanol–water partition coefficient (Wildman–Crippen LogP) is 2.82. The Morgan fingerprint density at radius 3 is 2.79 bits per heavy atom. The number of hydrogen-bond acceptors (Lipinski definition) is 3. The Morgan fingerprint density at radius 1 is 1.42 bits per heavy atom. The topological polar surface area (TPSA) is 54.0 Å². The van der Waals surface area contributed by atoms with Crippen molar-refractivity contribution in [1.82, 2.24) is 10.3 Å². The van der Waals surface area contributed by atoms with Crippen molar-refractivity contribution in [2.75, 3.05) is 18.4 Å². The molecule has 2 rings (SSSR count). The van der Waals surface area contributed by atoms with Gasteiger partial charge in [0.05, 0.1) is 0 Å². The molecule has 0 bridgehead atoms. The van der Waals surface area contributed by atoms with Crippen molar-refractivity contribution in [2.45, 2.75) is 39.5 Å². The molecular weight excluding hydrogens is 238 g/mol. The lowest BCUT2D eigenvalue weighted by molar-refractivity contribution is 0.0845. The third kappa shape index (κ3) is 3.25. The van der Waals surface area contributed by atoms with E-state index in [1.54, 1.807) is 12.3 Å².